The molecular weight excluding hydrogens is 342 g/mol. The van der Waals surface area contributed by atoms with Gasteiger partial charge in [0.15, 0.2) is 0 Å². The molecule has 1 aromatic rings. The Morgan fingerprint density at radius 2 is 1.96 bits per heavy atom. The molecule has 27 heavy (non-hydrogen) atoms. The summed E-state index contributed by atoms with van der Waals surface area (Å²) in [5, 5.41) is 1.29. The number of nitrogens with zero attached hydrogens (tertiary/aromatic N) is 2. The Hall–Kier alpha value is -2.89. The molecule has 1 fully saturated rings. The molecule has 0 radical (unpaired) electrons. The van der Waals surface area contributed by atoms with Crippen molar-refractivity contribution >= 4 is 23.4 Å². The maximum absolute atomic E-state index is 12.9. The summed E-state index contributed by atoms with van der Waals surface area (Å²) in [4.78, 5) is 39.8. The molecule has 0 bridgehead atoms. The number of amides is 3. The van der Waals surface area contributed by atoms with Crippen LogP contribution in [0.5, 0.6) is 0 Å². The molecule has 1 aliphatic heterocycles. The zero-order valence-corrected chi connectivity index (χ0v) is 15.8. The van der Waals surface area contributed by atoms with Crippen LogP contribution in [0.2, 0.25) is 0 Å². The number of anilines is 1. The number of benzene rings is 1. The lowest BCUT2D eigenvalue weighted by atomic mass is 9.80. The van der Waals surface area contributed by atoms with Crippen molar-refractivity contribution in [2.24, 2.45) is 11.8 Å². The van der Waals surface area contributed by atoms with Gasteiger partial charge in [-0.1, -0.05) is 30.4 Å². The van der Waals surface area contributed by atoms with Gasteiger partial charge in [-0.15, -0.1) is 0 Å². The van der Waals surface area contributed by atoms with Crippen LogP contribution in [0.4, 0.5) is 5.69 Å². The summed E-state index contributed by atoms with van der Waals surface area (Å²) in [6.45, 7) is 8.70. The van der Waals surface area contributed by atoms with Crippen molar-refractivity contribution in [2.75, 3.05) is 18.1 Å². The molecule has 0 unspecified atom stereocenters. The molecule has 1 heterocycles. The Morgan fingerprint density at radius 1 is 1.26 bits per heavy atom. The molecule has 1 saturated heterocycles. The van der Waals surface area contributed by atoms with Crippen LogP contribution in [0.3, 0.4) is 0 Å². The highest BCUT2D eigenvalue weighted by Crippen LogP contribution is 2.32. The van der Waals surface area contributed by atoms with Crippen LogP contribution in [0.25, 0.3) is 0 Å². The first-order chi connectivity index (χ1) is 12.9. The molecule has 3 amide bonds. The van der Waals surface area contributed by atoms with Crippen molar-refractivity contribution in [2.45, 2.75) is 26.7 Å². The summed E-state index contributed by atoms with van der Waals surface area (Å²) >= 11 is 0. The summed E-state index contributed by atoms with van der Waals surface area (Å²) in [7, 11) is 0. The first-order valence-electron chi connectivity index (χ1n) is 9.25. The second-order valence-corrected chi connectivity index (χ2v) is 7.13. The highest BCUT2D eigenvalue weighted by atomic mass is 16.2. The Kier molecular flexibility index (Phi) is 5.44. The molecule has 6 heteroatoms. The van der Waals surface area contributed by atoms with Gasteiger partial charge in [-0.2, -0.15) is 0 Å². The molecule has 142 valence electrons. The van der Waals surface area contributed by atoms with E-state index in [1.165, 1.54) is 5.01 Å². The van der Waals surface area contributed by atoms with Crippen molar-refractivity contribution < 1.29 is 14.4 Å². The van der Waals surface area contributed by atoms with E-state index in [1.54, 1.807) is 29.2 Å². The Bertz CT molecular complexity index is 815. The van der Waals surface area contributed by atoms with E-state index < -0.39 is 0 Å². The maximum Gasteiger partial charge on any atom is 0.254 e. The second-order valence-electron chi connectivity index (χ2n) is 7.13. The third kappa shape index (κ3) is 3.79. The highest BCUT2D eigenvalue weighted by Gasteiger charge is 2.42. The van der Waals surface area contributed by atoms with E-state index in [1.807, 2.05) is 26.0 Å². The summed E-state index contributed by atoms with van der Waals surface area (Å²) in [6.07, 6.45) is 5.05. The number of hydrazine groups is 1. The second kappa shape index (κ2) is 7.78. The van der Waals surface area contributed by atoms with Crippen LogP contribution in [0.15, 0.2) is 48.6 Å². The molecule has 0 saturated carbocycles. The standard InChI is InChI=1S/C21H25N3O3/c1-4-23(13-14(2)3)20(26)15-8-7-9-16(12-15)24-21(27)18-11-6-5-10-17(18)19(25)22-24/h5-9,12,17-18H,2,4,10-11,13H2,1,3H3,(H,22,25)/t17-,18+/m1/s1. The fourth-order valence-corrected chi connectivity index (χ4v) is 3.60. The number of fused-ring (bicyclic) bond motifs is 1. The topological polar surface area (TPSA) is 69.7 Å². The number of rotatable bonds is 5. The van der Waals surface area contributed by atoms with Crippen LogP contribution in [-0.4, -0.2) is 35.7 Å². The van der Waals surface area contributed by atoms with Gasteiger partial charge in [0, 0.05) is 18.7 Å². The van der Waals surface area contributed by atoms with Crippen LogP contribution in [-0.2, 0) is 9.59 Å². The van der Waals surface area contributed by atoms with Gasteiger partial charge in [0.1, 0.15) is 0 Å². The first kappa shape index (κ1) is 18.9. The normalized spacial score (nSPS) is 21.5. The van der Waals surface area contributed by atoms with E-state index in [0.717, 1.165) is 5.57 Å². The lowest BCUT2D eigenvalue weighted by Gasteiger charge is -2.38. The molecule has 1 N–H and O–H groups in total. The quantitative estimate of drug-likeness (QED) is 0.814. The third-order valence-corrected chi connectivity index (χ3v) is 5.01. The number of hydrogen-bond donors (Lipinski definition) is 1. The van der Waals surface area contributed by atoms with Crippen molar-refractivity contribution in [3.8, 4) is 0 Å². The Balaban J connectivity index is 1.86. The summed E-state index contributed by atoms with van der Waals surface area (Å²) in [5.41, 5.74) is 4.57. The lowest BCUT2D eigenvalue weighted by Crippen LogP contribution is -2.59. The summed E-state index contributed by atoms with van der Waals surface area (Å²) < 4.78 is 0. The highest BCUT2D eigenvalue weighted by molar-refractivity contribution is 6.05. The fraction of sp³-hybridized carbons (Fsp3) is 0.381. The molecule has 6 nitrogen and oxygen atoms in total. The third-order valence-electron chi connectivity index (χ3n) is 5.01. The predicted molar refractivity (Wildman–Crippen MR) is 104 cm³/mol. The van der Waals surface area contributed by atoms with Gasteiger partial charge < -0.3 is 4.90 Å². The van der Waals surface area contributed by atoms with Crippen LogP contribution in [0, 0.1) is 11.8 Å². The Morgan fingerprint density at radius 3 is 2.63 bits per heavy atom. The van der Waals surface area contributed by atoms with Crippen LogP contribution < -0.4 is 10.4 Å². The first-order valence-corrected chi connectivity index (χ1v) is 9.25. The van der Waals surface area contributed by atoms with E-state index in [0.29, 0.717) is 37.2 Å². The molecule has 1 aliphatic carbocycles. The number of hydrogen-bond acceptors (Lipinski definition) is 3. The minimum atomic E-state index is -0.348. The lowest BCUT2D eigenvalue weighted by molar-refractivity contribution is -0.139. The summed E-state index contributed by atoms with van der Waals surface area (Å²) in [6, 6.07) is 6.82. The monoisotopic (exact) mass is 367 g/mol. The van der Waals surface area contributed by atoms with E-state index in [4.69, 9.17) is 0 Å². The SMILES string of the molecule is C=C(C)CN(CC)C(=O)c1cccc(N2NC(=O)[C@@H]3CC=CC[C@@H]3C2=O)c1. The van der Waals surface area contributed by atoms with Gasteiger partial charge in [-0.05, 0) is 44.9 Å². The van der Waals surface area contributed by atoms with E-state index in [2.05, 4.69) is 12.0 Å². The van der Waals surface area contributed by atoms with Gasteiger partial charge in [-0.3, -0.25) is 19.8 Å². The van der Waals surface area contributed by atoms with Gasteiger partial charge in [0.25, 0.3) is 5.91 Å². The number of carbonyl (C=O) groups excluding carboxylic acids is 3. The predicted octanol–water partition coefficient (Wildman–Crippen LogP) is 2.69. The van der Waals surface area contributed by atoms with Crippen LogP contribution in [0.1, 0.15) is 37.0 Å². The van der Waals surface area contributed by atoms with Crippen molar-refractivity contribution in [3.05, 3.63) is 54.1 Å². The zero-order chi connectivity index (χ0) is 19.6. The zero-order valence-electron chi connectivity index (χ0n) is 15.8. The maximum atomic E-state index is 12.9. The van der Waals surface area contributed by atoms with E-state index in [-0.39, 0.29) is 29.6 Å². The molecule has 2 atom stereocenters. The number of nitrogens with one attached hydrogen (secondary N) is 1. The molecule has 1 aromatic carbocycles. The fourth-order valence-electron chi connectivity index (χ4n) is 3.60. The minimum absolute atomic E-state index is 0.128. The summed E-state index contributed by atoms with van der Waals surface area (Å²) in [5.74, 6) is -1.08. The van der Waals surface area contributed by atoms with Gasteiger partial charge in [-0.25, -0.2) is 5.01 Å². The molecule has 3 rings (SSSR count). The van der Waals surface area contributed by atoms with Gasteiger partial charge in [0.2, 0.25) is 11.8 Å². The van der Waals surface area contributed by atoms with E-state index in [9.17, 15) is 14.4 Å². The van der Waals surface area contributed by atoms with Crippen molar-refractivity contribution in [3.63, 3.8) is 0 Å². The van der Waals surface area contributed by atoms with Gasteiger partial charge in [0.05, 0.1) is 17.5 Å². The minimum Gasteiger partial charge on any atom is -0.335 e. The smallest absolute Gasteiger partial charge is 0.254 e. The average molecular weight is 367 g/mol. The largest absolute Gasteiger partial charge is 0.335 e. The van der Waals surface area contributed by atoms with Crippen molar-refractivity contribution in [1.29, 1.82) is 0 Å². The van der Waals surface area contributed by atoms with Gasteiger partial charge >= 0.3 is 0 Å². The Labute approximate surface area is 159 Å². The van der Waals surface area contributed by atoms with Crippen LogP contribution >= 0.6 is 0 Å². The number of carbonyl (C=O) groups is 3. The average Bonchev–Trinajstić information content (AvgIpc) is 2.68. The molecule has 0 aromatic heterocycles. The number of likely N-dealkylation sites (N-methyl/N-ethyl adjacent to an activating group) is 1. The number of allylic oxidation sites excluding steroid dienone is 2. The van der Waals surface area contributed by atoms with E-state index >= 15 is 0 Å². The molecule has 2 aliphatic rings. The molecule has 0 spiro atoms. The molecular formula is C21H25N3O3. The van der Waals surface area contributed by atoms with Crippen molar-refractivity contribution in [1.82, 2.24) is 10.3 Å².